The molecule has 1 aliphatic rings. The van der Waals surface area contributed by atoms with E-state index < -0.39 is 0 Å². The Bertz CT molecular complexity index is 584. The Kier molecular flexibility index (Phi) is 3.46. The Morgan fingerprint density at radius 1 is 1.30 bits per heavy atom. The van der Waals surface area contributed by atoms with Crippen molar-refractivity contribution in [3.8, 4) is 0 Å². The fourth-order valence-electron chi connectivity index (χ4n) is 3.13. The van der Waals surface area contributed by atoms with Gasteiger partial charge in [0.15, 0.2) is 5.65 Å². The number of aromatic amines is 1. The van der Waals surface area contributed by atoms with E-state index in [1.807, 2.05) is 7.05 Å². The second kappa shape index (κ2) is 5.26. The normalized spacial score (nSPS) is 17.5. The van der Waals surface area contributed by atoms with Crippen molar-refractivity contribution in [2.24, 2.45) is 5.41 Å². The average Bonchev–Trinajstić information content (AvgIpc) is 3.14. The number of H-pyrrole nitrogens is 1. The van der Waals surface area contributed by atoms with E-state index in [9.17, 15) is 0 Å². The van der Waals surface area contributed by atoms with Gasteiger partial charge in [0.05, 0.1) is 11.6 Å². The molecule has 0 bridgehead atoms. The minimum absolute atomic E-state index is 0.431. The van der Waals surface area contributed by atoms with E-state index in [4.69, 9.17) is 0 Å². The molecule has 1 saturated carbocycles. The van der Waals surface area contributed by atoms with Crippen LogP contribution in [0, 0.1) is 5.41 Å². The van der Waals surface area contributed by atoms with Gasteiger partial charge in [-0.05, 0) is 24.7 Å². The highest BCUT2D eigenvalue weighted by Crippen LogP contribution is 2.41. The number of hydrogen-bond acceptors (Lipinski definition) is 5. The van der Waals surface area contributed by atoms with E-state index in [1.165, 1.54) is 32.1 Å². The Labute approximate surface area is 118 Å². The zero-order chi connectivity index (χ0) is 14.0. The highest BCUT2D eigenvalue weighted by atomic mass is 15.2. The maximum absolute atomic E-state index is 4.52. The number of fused-ring (bicyclic) bond motifs is 1. The van der Waals surface area contributed by atoms with E-state index in [1.54, 1.807) is 6.20 Å². The van der Waals surface area contributed by atoms with Crippen LogP contribution in [0.4, 0.5) is 11.8 Å². The van der Waals surface area contributed by atoms with Crippen LogP contribution in [0.15, 0.2) is 6.20 Å². The number of rotatable bonds is 5. The molecule has 0 saturated heterocycles. The van der Waals surface area contributed by atoms with E-state index in [0.717, 1.165) is 23.4 Å². The SMILES string of the molecule is CCC1(CNc2nc(NC)nc3[nH]ncc23)CCCC1. The zero-order valence-electron chi connectivity index (χ0n) is 12.2. The highest BCUT2D eigenvalue weighted by molar-refractivity contribution is 5.86. The standard InChI is InChI=1S/C14H22N6/c1-3-14(6-4-5-7-14)9-16-11-10-8-17-20-12(10)19-13(15-2)18-11/h8H,3-7,9H2,1-2H3,(H3,15,16,17,18,19,20). The van der Waals surface area contributed by atoms with Gasteiger partial charge in [-0.2, -0.15) is 15.1 Å². The van der Waals surface area contributed by atoms with Gasteiger partial charge in [-0.1, -0.05) is 19.8 Å². The molecule has 0 unspecified atom stereocenters. The number of aromatic nitrogens is 4. The van der Waals surface area contributed by atoms with Crippen molar-refractivity contribution in [1.82, 2.24) is 20.2 Å². The van der Waals surface area contributed by atoms with Crippen molar-refractivity contribution in [2.75, 3.05) is 24.2 Å². The third-order valence-corrected chi connectivity index (χ3v) is 4.58. The van der Waals surface area contributed by atoms with E-state index in [0.29, 0.717) is 11.4 Å². The molecule has 0 atom stereocenters. The molecule has 3 rings (SSSR count). The summed E-state index contributed by atoms with van der Waals surface area (Å²) in [4.78, 5) is 8.88. The Morgan fingerprint density at radius 2 is 2.10 bits per heavy atom. The molecule has 2 aromatic heterocycles. The second-order valence-corrected chi connectivity index (χ2v) is 5.69. The summed E-state index contributed by atoms with van der Waals surface area (Å²) >= 11 is 0. The fourth-order valence-corrected chi connectivity index (χ4v) is 3.13. The first-order chi connectivity index (χ1) is 9.76. The van der Waals surface area contributed by atoms with Crippen molar-refractivity contribution >= 4 is 22.8 Å². The van der Waals surface area contributed by atoms with Crippen LogP contribution in [-0.4, -0.2) is 33.8 Å². The molecular formula is C14H22N6. The molecule has 2 aromatic rings. The number of anilines is 2. The van der Waals surface area contributed by atoms with E-state index in [-0.39, 0.29) is 0 Å². The van der Waals surface area contributed by atoms with Gasteiger partial charge in [-0.15, -0.1) is 0 Å². The van der Waals surface area contributed by atoms with Gasteiger partial charge in [0, 0.05) is 13.6 Å². The molecule has 108 valence electrons. The van der Waals surface area contributed by atoms with Gasteiger partial charge in [0.2, 0.25) is 5.95 Å². The summed E-state index contributed by atoms with van der Waals surface area (Å²) < 4.78 is 0. The molecule has 20 heavy (non-hydrogen) atoms. The molecule has 3 N–H and O–H groups in total. The van der Waals surface area contributed by atoms with Crippen LogP contribution in [-0.2, 0) is 0 Å². The fraction of sp³-hybridized carbons (Fsp3) is 0.643. The second-order valence-electron chi connectivity index (χ2n) is 5.69. The van der Waals surface area contributed by atoms with Crippen molar-refractivity contribution in [1.29, 1.82) is 0 Å². The first kappa shape index (κ1) is 13.1. The van der Waals surface area contributed by atoms with Crippen LogP contribution in [0.2, 0.25) is 0 Å². The lowest BCUT2D eigenvalue weighted by molar-refractivity contribution is 0.306. The Morgan fingerprint density at radius 3 is 2.80 bits per heavy atom. The minimum Gasteiger partial charge on any atom is -0.369 e. The summed E-state index contributed by atoms with van der Waals surface area (Å²) in [7, 11) is 1.83. The third kappa shape index (κ3) is 2.30. The topological polar surface area (TPSA) is 78.5 Å². The molecule has 0 radical (unpaired) electrons. The molecule has 1 fully saturated rings. The summed E-state index contributed by atoms with van der Waals surface area (Å²) in [6.45, 7) is 3.27. The van der Waals surface area contributed by atoms with Gasteiger partial charge < -0.3 is 10.6 Å². The molecule has 0 spiro atoms. The molecule has 0 aromatic carbocycles. The average molecular weight is 274 g/mol. The lowest BCUT2D eigenvalue weighted by atomic mass is 9.83. The van der Waals surface area contributed by atoms with Crippen molar-refractivity contribution in [3.05, 3.63) is 6.20 Å². The lowest BCUT2D eigenvalue weighted by Crippen LogP contribution is -2.26. The molecule has 6 nitrogen and oxygen atoms in total. The van der Waals surface area contributed by atoms with Crippen LogP contribution >= 0.6 is 0 Å². The zero-order valence-corrected chi connectivity index (χ0v) is 12.2. The number of hydrogen-bond donors (Lipinski definition) is 3. The summed E-state index contributed by atoms with van der Waals surface area (Å²) in [5, 5.41) is 14.4. The predicted molar refractivity (Wildman–Crippen MR) is 80.9 cm³/mol. The molecule has 6 heteroatoms. The van der Waals surface area contributed by atoms with Crippen LogP contribution in [0.1, 0.15) is 39.0 Å². The van der Waals surface area contributed by atoms with Crippen LogP contribution in [0.25, 0.3) is 11.0 Å². The van der Waals surface area contributed by atoms with E-state index in [2.05, 4.69) is 37.7 Å². The summed E-state index contributed by atoms with van der Waals surface area (Å²) in [6, 6.07) is 0. The van der Waals surface area contributed by atoms with Gasteiger partial charge in [-0.25, -0.2) is 0 Å². The van der Waals surface area contributed by atoms with Gasteiger partial charge in [0.25, 0.3) is 0 Å². The molecule has 2 heterocycles. The summed E-state index contributed by atoms with van der Waals surface area (Å²) in [6.07, 6.45) is 8.33. The maximum Gasteiger partial charge on any atom is 0.226 e. The molecular weight excluding hydrogens is 252 g/mol. The van der Waals surface area contributed by atoms with Crippen LogP contribution < -0.4 is 10.6 Å². The van der Waals surface area contributed by atoms with E-state index >= 15 is 0 Å². The quantitative estimate of drug-likeness (QED) is 0.781. The third-order valence-electron chi connectivity index (χ3n) is 4.58. The van der Waals surface area contributed by atoms with Gasteiger partial charge >= 0.3 is 0 Å². The number of nitrogens with one attached hydrogen (secondary N) is 3. The molecule has 1 aliphatic carbocycles. The smallest absolute Gasteiger partial charge is 0.226 e. The van der Waals surface area contributed by atoms with Gasteiger partial charge in [0.1, 0.15) is 5.82 Å². The van der Waals surface area contributed by atoms with Crippen molar-refractivity contribution < 1.29 is 0 Å². The monoisotopic (exact) mass is 274 g/mol. The lowest BCUT2D eigenvalue weighted by Gasteiger charge is -2.28. The summed E-state index contributed by atoms with van der Waals surface area (Å²) in [5.74, 6) is 1.48. The van der Waals surface area contributed by atoms with Crippen LogP contribution in [0.3, 0.4) is 0 Å². The molecule has 0 amide bonds. The van der Waals surface area contributed by atoms with Crippen LogP contribution in [0.5, 0.6) is 0 Å². The first-order valence-electron chi connectivity index (χ1n) is 7.39. The molecule has 0 aliphatic heterocycles. The minimum atomic E-state index is 0.431. The predicted octanol–water partition coefficient (Wildman–Crippen LogP) is 2.78. The first-order valence-corrected chi connectivity index (χ1v) is 7.39. The Balaban J connectivity index is 1.84. The van der Waals surface area contributed by atoms with Crippen molar-refractivity contribution in [3.63, 3.8) is 0 Å². The Hall–Kier alpha value is -1.85. The van der Waals surface area contributed by atoms with Crippen molar-refractivity contribution in [2.45, 2.75) is 39.0 Å². The summed E-state index contributed by atoms with van der Waals surface area (Å²) in [5.41, 5.74) is 1.20. The largest absolute Gasteiger partial charge is 0.369 e. The van der Waals surface area contributed by atoms with Gasteiger partial charge in [-0.3, -0.25) is 5.10 Å². The number of nitrogens with zero attached hydrogens (tertiary/aromatic N) is 3. The highest BCUT2D eigenvalue weighted by Gasteiger charge is 2.31. The maximum atomic E-state index is 4.52.